The van der Waals surface area contributed by atoms with Crippen LogP contribution in [0.3, 0.4) is 0 Å². The van der Waals surface area contributed by atoms with Crippen molar-refractivity contribution in [2.75, 3.05) is 0 Å². The first-order chi connectivity index (χ1) is 6.84. The van der Waals surface area contributed by atoms with Crippen LogP contribution in [0.1, 0.15) is 5.56 Å². The van der Waals surface area contributed by atoms with Crippen LogP contribution in [0.4, 0.5) is 0 Å². The van der Waals surface area contributed by atoms with E-state index in [0.29, 0.717) is 0 Å². The number of hydrogen-bond donors (Lipinski definition) is 0. The Morgan fingerprint density at radius 2 is 1.79 bits per heavy atom. The van der Waals surface area contributed by atoms with Gasteiger partial charge in [0.25, 0.3) is 0 Å². The van der Waals surface area contributed by atoms with Crippen molar-refractivity contribution >= 4 is 22.1 Å². The van der Waals surface area contributed by atoms with Gasteiger partial charge in [0.05, 0.1) is 6.21 Å². The van der Waals surface area contributed by atoms with Crippen molar-refractivity contribution in [2.45, 2.75) is 0 Å². The van der Waals surface area contributed by atoms with E-state index < -0.39 is 0 Å². The summed E-state index contributed by atoms with van der Waals surface area (Å²) >= 11 is 3.37. The molecule has 0 bridgehead atoms. The smallest absolute Gasteiger partial charge is 0.141 e. The number of halogens is 1. The van der Waals surface area contributed by atoms with Gasteiger partial charge in [-0.25, -0.2) is 4.68 Å². The standard InChI is InChI=1S/C9H7BrN4/c10-9-3-1-8(2-4-9)5-13-14-6-11-12-7-14/h1-7H/b13-5+. The predicted octanol–water partition coefficient (Wildman–Crippen LogP) is 1.92. The Kier molecular flexibility index (Phi) is 2.69. The van der Waals surface area contributed by atoms with E-state index in [1.807, 2.05) is 24.3 Å². The second-order valence-corrected chi connectivity index (χ2v) is 3.55. The highest BCUT2D eigenvalue weighted by atomic mass is 79.9. The molecule has 0 aliphatic heterocycles. The van der Waals surface area contributed by atoms with Crippen molar-refractivity contribution in [3.63, 3.8) is 0 Å². The van der Waals surface area contributed by atoms with Crippen molar-refractivity contribution < 1.29 is 0 Å². The number of rotatable bonds is 2. The lowest BCUT2D eigenvalue weighted by Crippen LogP contribution is -1.86. The Bertz CT molecular complexity index is 419. The second-order valence-electron chi connectivity index (χ2n) is 2.64. The van der Waals surface area contributed by atoms with Crippen LogP contribution in [-0.4, -0.2) is 21.1 Å². The molecule has 14 heavy (non-hydrogen) atoms. The molecule has 1 aromatic carbocycles. The average molecular weight is 251 g/mol. The van der Waals surface area contributed by atoms with Crippen molar-refractivity contribution in [1.82, 2.24) is 14.9 Å². The van der Waals surface area contributed by atoms with Gasteiger partial charge in [-0.15, -0.1) is 10.2 Å². The number of benzene rings is 1. The zero-order valence-corrected chi connectivity index (χ0v) is 8.79. The minimum absolute atomic E-state index is 1.03. The average Bonchev–Trinajstić information content (AvgIpc) is 2.70. The number of nitrogens with zero attached hydrogens (tertiary/aromatic N) is 4. The van der Waals surface area contributed by atoms with Gasteiger partial charge >= 0.3 is 0 Å². The minimum Gasteiger partial charge on any atom is -0.208 e. The fourth-order valence-corrected chi connectivity index (χ4v) is 1.20. The second kappa shape index (κ2) is 4.15. The molecule has 0 saturated heterocycles. The molecule has 0 fully saturated rings. The molecule has 0 atom stereocenters. The molecule has 1 heterocycles. The van der Waals surface area contributed by atoms with Gasteiger partial charge < -0.3 is 0 Å². The first kappa shape index (κ1) is 9.08. The lowest BCUT2D eigenvalue weighted by molar-refractivity contribution is 0.878. The Labute approximate surface area is 89.4 Å². The summed E-state index contributed by atoms with van der Waals surface area (Å²) in [5, 5.41) is 11.4. The summed E-state index contributed by atoms with van der Waals surface area (Å²) in [6.07, 6.45) is 4.82. The molecule has 1 aromatic heterocycles. The maximum Gasteiger partial charge on any atom is 0.141 e. The zero-order chi connectivity index (χ0) is 9.80. The van der Waals surface area contributed by atoms with Gasteiger partial charge in [-0.1, -0.05) is 28.1 Å². The summed E-state index contributed by atoms with van der Waals surface area (Å²) in [7, 11) is 0. The molecule has 0 amide bonds. The van der Waals surface area contributed by atoms with E-state index in [9.17, 15) is 0 Å². The Morgan fingerprint density at radius 1 is 1.14 bits per heavy atom. The van der Waals surface area contributed by atoms with Crippen molar-refractivity contribution in [2.24, 2.45) is 5.10 Å². The highest BCUT2D eigenvalue weighted by Gasteiger charge is 1.88. The molecule has 5 heteroatoms. The van der Waals surface area contributed by atoms with Crippen LogP contribution in [0, 0.1) is 0 Å². The SMILES string of the molecule is Brc1ccc(/C=N/n2cnnc2)cc1. The Balaban J connectivity index is 2.15. The fourth-order valence-electron chi connectivity index (χ4n) is 0.937. The summed E-state index contributed by atoms with van der Waals surface area (Å²) in [6.45, 7) is 0. The first-order valence-corrected chi connectivity index (χ1v) is 4.78. The van der Waals surface area contributed by atoms with Crippen LogP contribution in [0.15, 0.2) is 46.5 Å². The highest BCUT2D eigenvalue weighted by molar-refractivity contribution is 9.10. The monoisotopic (exact) mass is 250 g/mol. The first-order valence-electron chi connectivity index (χ1n) is 3.99. The quantitative estimate of drug-likeness (QED) is 0.765. The molecule has 4 nitrogen and oxygen atoms in total. The molecule has 0 unspecified atom stereocenters. The van der Waals surface area contributed by atoms with Crippen LogP contribution in [-0.2, 0) is 0 Å². The Hall–Kier alpha value is -1.49. The third-order valence-corrected chi connectivity index (χ3v) is 2.15. The molecular weight excluding hydrogens is 244 g/mol. The van der Waals surface area contributed by atoms with Crippen molar-refractivity contribution in [3.05, 3.63) is 47.0 Å². The summed E-state index contributed by atoms with van der Waals surface area (Å²) in [5.41, 5.74) is 1.03. The largest absolute Gasteiger partial charge is 0.208 e. The third-order valence-electron chi connectivity index (χ3n) is 1.62. The molecule has 0 spiro atoms. The lowest BCUT2D eigenvalue weighted by atomic mass is 10.2. The van der Waals surface area contributed by atoms with Crippen LogP contribution in [0.2, 0.25) is 0 Å². The van der Waals surface area contributed by atoms with Gasteiger partial charge in [0.2, 0.25) is 0 Å². The normalized spacial score (nSPS) is 10.9. The van der Waals surface area contributed by atoms with Crippen LogP contribution in [0.25, 0.3) is 0 Å². The van der Waals surface area contributed by atoms with Gasteiger partial charge in [-0.2, -0.15) is 5.10 Å². The van der Waals surface area contributed by atoms with Crippen molar-refractivity contribution in [3.8, 4) is 0 Å². The number of hydrogen-bond acceptors (Lipinski definition) is 3. The van der Waals surface area contributed by atoms with Gasteiger partial charge in [0, 0.05) is 4.47 Å². The third kappa shape index (κ3) is 2.26. The van der Waals surface area contributed by atoms with E-state index in [2.05, 4.69) is 31.2 Å². The molecule has 0 aliphatic carbocycles. The van der Waals surface area contributed by atoms with Crippen LogP contribution < -0.4 is 0 Å². The van der Waals surface area contributed by atoms with E-state index in [4.69, 9.17) is 0 Å². The maximum atomic E-state index is 4.12. The van der Waals surface area contributed by atoms with E-state index in [1.165, 1.54) is 12.7 Å². The molecule has 2 rings (SSSR count). The molecule has 0 saturated carbocycles. The van der Waals surface area contributed by atoms with E-state index in [1.54, 1.807) is 10.9 Å². The van der Waals surface area contributed by atoms with Gasteiger partial charge in [-0.05, 0) is 17.7 Å². The van der Waals surface area contributed by atoms with Crippen LogP contribution >= 0.6 is 15.9 Å². The molecule has 0 aliphatic rings. The maximum absolute atomic E-state index is 4.12. The predicted molar refractivity (Wildman–Crippen MR) is 57.2 cm³/mol. The molecule has 0 N–H and O–H groups in total. The molecule has 70 valence electrons. The van der Waals surface area contributed by atoms with Crippen molar-refractivity contribution in [1.29, 1.82) is 0 Å². The van der Waals surface area contributed by atoms with E-state index in [-0.39, 0.29) is 0 Å². The van der Waals surface area contributed by atoms with E-state index in [0.717, 1.165) is 10.0 Å². The van der Waals surface area contributed by atoms with Gasteiger partial charge in [-0.3, -0.25) is 0 Å². The summed E-state index contributed by atoms with van der Waals surface area (Å²) in [4.78, 5) is 0. The molecular formula is C9H7BrN4. The minimum atomic E-state index is 1.03. The van der Waals surface area contributed by atoms with Crippen LogP contribution in [0.5, 0.6) is 0 Å². The summed E-state index contributed by atoms with van der Waals surface area (Å²) in [5.74, 6) is 0. The molecule has 2 aromatic rings. The fraction of sp³-hybridized carbons (Fsp3) is 0. The Morgan fingerprint density at radius 3 is 2.43 bits per heavy atom. The van der Waals surface area contributed by atoms with Gasteiger partial charge in [0.15, 0.2) is 0 Å². The zero-order valence-electron chi connectivity index (χ0n) is 7.21. The molecule has 0 radical (unpaired) electrons. The highest BCUT2D eigenvalue weighted by Crippen LogP contribution is 2.08. The summed E-state index contributed by atoms with van der Waals surface area (Å²) in [6, 6.07) is 7.87. The van der Waals surface area contributed by atoms with E-state index >= 15 is 0 Å². The summed E-state index contributed by atoms with van der Waals surface area (Å²) < 4.78 is 2.60. The number of aromatic nitrogens is 3. The lowest BCUT2D eigenvalue weighted by Gasteiger charge is -1.92. The topological polar surface area (TPSA) is 43.1 Å². The van der Waals surface area contributed by atoms with Gasteiger partial charge in [0.1, 0.15) is 12.7 Å².